The molecule has 13 heteroatoms. The zero-order chi connectivity index (χ0) is 28.0. The van der Waals surface area contributed by atoms with Crippen LogP contribution >= 0.6 is 0 Å². The Hall–Kier alpha value is -2.94. The smallest absolute Gasteiger partial charge is 0.337 e. The number of esters is 2. The van der Waals surface area contributed by atoms with E-state index in [0.717, 1.165) is 6.26 Å². The zero-order valence-corrected chi connectivity index (χ0v) is 21.0. The minimum atomic E-state index is -1.66. The van der Waals surface area contributed by atoms with Crippen LogP contribution in [0, 0.1) is 11.8 Å². The highest BCUT2D eigenvalue weighted by Gasteiger charge is 2.48. The number of phenols is 2. The number of methoxy groups -OCH3 is 1. The molecular weight excluding hydrogens is 508 g/mol. The molecule has 6 N–H and O–H groups in total. The number of aromatic hydroxyl groups is 2. The van der Waals surface area contributed by atoms with Gasteiger partial charge in [-0.3, -0.25) is 4.79 Å². The molecule has 2 heterocycles. The van der Waals surface area contributed by atoms with Gasteiger partial charge in [-0.15, -0.1) is 0 Å². The second kappa shape index (κ2) is 13.2. The van der Waals surface area contributed by atoms with E-state index in [0.29, 0.717) is 12.0 Å². The first kappa shape index (κ1) is 29.6. The number of benzene rings is 1. The van der Waals surface area contributed by atoms with Crippen LogP contribution in [0.4, 0.5) is 0 Å². The van der Waals surface area contributed by atoms with E-state index in [-0.39, 0.29) is 36.5 Å². The third kappa shape index (κ3) is 6.73. The maximum atomic E-state index is 12.7. The van der Waals surface area contributed by atoms with Gasteiger partial charge in [0.2, 0.25) is 6.29 Å². The molecule has 8 atom stereocenters. The van der Waals surface area contributed by atoms with E-state index in [1.54, 1.807) is 13.0 Å². The average Bonchev–Trinajstić information content (AvgIpc) is 2.90. The molecule has 0 amide bonds. The van der Waals surface area contributed by atoms with Gasteiger partial charge < -0.3 is 54.3 Å². The van der Waals surface area contributed by atoms with Crippen molar-refractivity contribution in [2.75, 3.05) is 20.3 Å². The Bertz CT molecular complexity index is 993. The maximum Gasteiger partial charge on any atom is 0.337 e. The van der Waals surface area contributed by atoms with Crippen molar-refractivity contribution >= 4 is 11.9 Å². The zero-order valence-electron chi connectivity index (χ0n) is 21.0. The molecule has 1 saturated heterocycles. The van der Waals surface area contributed by atoms with Crippen LogP contribution in [0.1, 0.15) is 25.3 Å². The lowest BCUT2D eigenvalue weighted by molar-refractivity contribution is -0.341. The molecule has 0 saturated carbocycles. The van der Waals surface area contributed by atoms with Gasteiger partial charge in [0.1, 0.15) is 24.4 Å². The third-order valence-electron chi connectivity index (χ3n) is 6.68. The number of ether oxygens (including phenoxy) is 5. The van der Waals surface area contributed by atoms with Crippen LogP contribution in [-0.4, -0.2) is 99.9 Å². The lowest BCUT2D eigenvalue weighted by Crippen LogP contribution is -2.60. The van der Waals surface area contributed by atoms with Crippen molar-refractivity contribution in [1.82, 2.24) is 0 Å². The van der Waals surface area contributed by atoms with Crippen LogP contribution in [0.5, 0.6) is 11.5 Å². The Morgan fingerprint density at radius 1 is 1.03 bits per heavy atom. The Kier molecular flexibility index (Phi) is 10.3. The third-order valence-corrected chi connectivity index (χ3v) is 6.68. The topological polar surface area (TPSA) is 202 Å². The predicted molar refractivity (Wildman–Crippen MR) is 126 cm³/mol. The standard InChI is InChI=1S/C25H34O13/c1-3-13-14(9-19(29)35-7-6-12-4-5-16(27)17(28)8-12)15(23(33)34-2)11-36-24(13)38-25-22(32)21(31)20(30)18(10-26)37-25/h4-5,8,11,13-14,18,20-22,24-28,30-32H,3,6-7,9-10H2,1-2H3. The van der Waals surface area contributed by atoms with E-state index in [1.807, 2.05) is 0 Å². The summed E-state index contributed by atoms with van der Waals surface area (Å²) in [6, 6.07) is 4.25. The Morgan fingerprint density at radius 3 is 2.39 bits per heavy atom. The fourth-order valence-electron chi connectivity index (χ4n) is 4.50. The Morgan fingerprint density at radius 2 is 1.76 bits per heavy atom. The van der Waals surface area contributed by atoms with E-state index in [1.165, 1.54) is 19.2 Å². The summed E-state index contributed by atoms with van der Waals surface area (Å²) in [5.74, 6) is -3.28. The van der Waals surface area contributed by atoms with Crippen molar-refractivity contribution < 1.29 is 63.9 Å². The summed E-state index contributed by atoms with van der Waals surface area (Å²) < 4.78 is 26.9. The van der Waals surface area contributed by atoms with Crippen LogP contribution in [-0.2, 0) is 39.7 Å². The van der Waals surface area contributed by atoms with Crippen LogP contribution in [0.25, 0.3) is 0 Å². The molecule has 1 fully saturated rings. The van der Waals surface area contributed by atoms with E-state index < -0.39 is 67.4 Å². The van der Waals surface area contributed by atoms with E-state index in [4.69, 9.17) is 23.7 Å². The highest BCUT2D eigenvalue weighted by Crippen LogP contribution is 2.38. The number of carbonyl (C=O) groups excluding carboxylic acids is 2. The highest BCUT2D eigenvalue weighted by atomic mass is 16.8. The maximum absolute atomic E-state index is 12.7. The van der Waals surface area contributed by atoms with E-state index in [9.17, 15) is 40.2 Å². The lowest BCUT2D eigenvalue weighted by Gasteiger charge is -2.43. The number of hydrogen-bond acceptors (Lipinski definition) is 13. The fourth-order valence-corrected chi connectivity index (χ4v) is 4.50. The molecule has 2 aliphatic rings. The molecule has 3 rings (SSSR count). The summed E-state index contributed by atoms with van der Waals surface area (Å²) in [5.41, 5.74) is 0.710. The number of phenolic OH excluding ortho intramolecular Hbond substituents is 2. The van der Waals surface area contributed by atoms with Crippen molar-refractivity contribution in [3.8, 4) is 11.5 Å². The monoisotopic (exact) mass is 542 g/mol. The first-order valence-corrected chi connectivity index (χ1v) is 12.2. The summed E-state index contributed by atoms with van der Waals surface area (Å²) in [6.07, 6.45) is -7.21. The number of hydrogen-bond donors (Lipinski definition) is 6. The quantitative estimate of drug-likeness (QED) is 0.162. The molecule has 1 aromatic rings. The molecule has 212 valence electrons. The van der Waals surface area contributed by atoms with Crippen LogP contribution in [0.15, 0.2) is 30.0 Å². The van der Waals surface area contributed by atoms with Gasteiger partial charge in [-0.25, -0.2) is 4.79 Å². The van der Waals surface area contributed by atoms with Crippen molar-refractivity contribution in [3.05, 3.63) is 35.6 Å². The minimum Gasteiger partial charge on any atom is -0.504 e. The van der Waals surface area contributed by atoms with Crippen molar-refractivity contribution in [1.29, 1.82) is 0 Å². The van der Waals surface area contributed by atoms with E-state index in [2.05, 4.69) is 0 Å². The second-order valence-corrected chi connectivity index (χ2v) is 9.08. The van der Waals surface area contributed by atoms with Gasteiger partial charge in [0.05, 0.1) is 38.6 Å². The van der Waals surface area contributed by atoms with Crippen molar-refractivity contribution in [2.45, 2.75) is 63.2 Å². The van der Waals surface area contributed by atoms with Gasteiger partial charge in [-0.05, 0) is 24.1 Å². The SMILES string of the molecule is CCC1C(OC2OC(CO)C(O)C(O)C2O)OC=C(C(=O)OC)C1CC(=O)OCCc1ccc(O)c(O)c1. The van der Waals surface area contributed by atoms with Gasteiger partial charge in [0.15, 0.2) is 17.8 Å². The molecule has 13 nitrogen and oxygen atoms in total. The molecule has 8 unspecified atom stereocenters. The molecule has 2 aliphatic heterocycles. The second-order valence-electron chi connectivity index (χ2n) is 9.08. The number of rotatable bonds is 10. The van der Waals surface area contributed by atoms with Crippen molar-refractivity contribution in [2.24, 2.45) is 11.8 Å². The first-order valence-electron chi connectivity index (χ1n) is 12.2. The number of carbonyl (C=O) groups is 2. The summed E-state index contributed by atoms with van der Waals surface area (Å²) in [7, 11) is 1.18. The Balaban J connectivity index is 1.70. The molecule has 1 aromatic carbocycles. The number of aliphatic hydroxyl groups excluding tert-OH is 4. The first-order chi connectivity index (χ1) is 18.1. The molecule has 0 bridgehead atoms. The summed E-state index contributed by atoms with van der Waals surface area (Å²) in [4.78, 5) is 25.2. The minimum absolute atomic E-state index is 0.0227. The van der Waals surface area contributed by atoms with Gasteiger partial charge in [0.25, 0.3) is 0 Å². The lowest BCUT2D eigenvalue weighted by atomic mass is 9.80. The van der Waals surface area contributed by atoms with Gasteiger partial charge in [0, 0.05) is 18.3 Å². The van der Waals surface area contributed by atoms with E-state index >= 15 is 0 Å². The summed E-state index contributed by atoms with van der Waals surface area (Å²) >= 11 is 0. The molecule has 0 radical (unpaired) electrons. The largest absolute Gasteiger partial charge is 0.504 e. The average molecular weight is 543 g/mol. The molecule has 0 aliphatic carbocycles. The van der Waals surface area contributed by atoms with Gasteiger partial charge >= 0.3 is 11.9 Å². The molecular formula is C25H34O13. The predicted octanol–water partition coefficient (Wildman–Crippen LogP) is -0.554. The summed E-state index contributed by atoms with van der Waals surface area (Å²) in [6.45, 7) is 1.11. The van der Waals surface area contributed by atoms with Crippen molar-refractivity contribution in [3.63, 3.8) is 0 Å². The van der Waals surface area contributed by atoms with Gasteiger partial charge in [-0.1, -0.05) is 13.0 Å². The molecule has 38 heavy (non-hydrogen) atoms. The normalized spacial score (nSPS) is 31.2. The Labute approximate surface area is 218 Å². The van der Waals surface area contributed by atoms with Crippen LogP contribution in [0.3, 0.4) is 0 Å². The molecule has 0 spiro atoms. The van der Waals surface area contributed by atoms with Crippen LogP contribution < -0.4 is 0 Å². The molecule has 0 aromatic heterocycles. The number of aliphatic hydroxyl groups is 4. The fraction of sp³-hybridized carbons (Fsp3) is 0.600. The summed E-state index contributed by atoms with van der Waals surface area (Å²) in [5, 5.41) is 58.8. The van der Waals surface area contributed by atoms with Crippen LogP contribution in [0.2, 0.25) is 0 Å². The highest BCUT2D eigenvalue weighted by molar-refractivity contribution is 5.89. The van der Waals surface area contributed by atoms with Gasteiger partial charge in [-0.2, -0.15) is 0 Å².